The maximum absolute atomic E-state index is 11.3. The molecule has 1 aliphatic heterocycles. The Morgan fingerprint density at radius 1 is 1.73 bits per heavy atom. The highest BCUT2D eigenvalue weighted by Gasteiger charge is 2.37. The number of carbonyl (C=O) groups excluding carboxylic acids is 1. The topological polar surface area (TPSA) is 92.9 Å². The Labute approximate surface area is 88.0 Å². The quantitative estimate of drug-likeness (QED) is 0.683. The van der Waals surface area contributed by atoms with Crippen LogP contribution in [0.25, 0.3) is 0 Å². The number of amides is 1. The highest BCUT2D eigenvalue weighted by Crippen LogP contribution is 2.21. The van der Waals surface area contributed by atoms with Gasteiger partial charge in [-0.15, -0.1) is 0 Å². The van der Waals surface area contributed by atoms with Crippen molar-refractivity contribution in [2.75, 3.05) is 19.6 Å². The van der Waals surface area contributed by atoms with Gasteiger partial charge in [-0.2, -0.15) is 0 Å². The summed E-state index contributed by atoms with van der Waals surface area (Å²) in [4.78, 5) is 23.5. The van der Waals surface area contributed by atoms with Gasteiger partial charge >= 0.3 is 12.1 Å². The minimum Gasteiger partial charge on any atom is -0.481 e. The Balaban J connectivity index is 2.60. The molecule has 1 saturated heterocycles. The Morgan fingerprint density at radius 3 is 2.73 bits per heavy atom. The molecule has 1 aliphatic rings. The molecule has 3 N–H and O–H groups in total. The number of carbonyl (C=O) groups is 2. The van der Waals surface area contributed by atoms with Crippen LogP contribution < -0.4 is 5.73 Å². The van der Waals surface area contributed by atoms with Crippen molar-refractivity contribution in [1.29, 1.82) is 0 Å². The van der Waals surface area contributed by atoms with Gasteiger partial charge in [-0.1, -0.05) is 0 Å². The van der Waals surface area contributed by atoms with Crippen LogP contribution in [0.4, 0.5) is 4.79 Å². The number of nitrogens with zero attached hydrogens (tertiary/aromatic N) is 1. The van der Waals surface area contributed by atoms with E-state index in [9.17, 15) is 9.59 Å². The molecule has 0 spiro atoms. The Morgan fingerprint density at radius 2 is 2.33 bits per heavy atom. The third-order valence-electron chi connectivity index (χ3n) is 2.38. The zero-order valence-corrected chi connectivity index (χ0v) is 8.90. The lowest BCUT2D eigenvalue weighted by molar-refractivity contribution is -0.147. The standard InChI is InChI=1S/C9H16N2O4/c1-9(2,7(12)13)5-11-4-6(3-10)15-8(11)14/h6H,3-5,10H2,1-2H3,(H,12,13). The van der Waals surface area contributed by atoms with Gasteiger partial charge < -0.3 is 20.5 Å². The first-order chi connectivity index (χ1) is 6.86. The number of rotatable bonds is 4. The van der Waals surface area contributed by atoms with Crippen LogP contribution in [0.1, 0.15) is 13.8 Å². The fourth-order valence-electron chi connectivity index (χ4n) is 1.37. The van der Waals surface area contributed by atoms with E-state index in [-0.39, 0.29) is 19.2 Å². The summed E-state index contributed by atoms with van der Waals surface area (Å²) in [6.07, 6.45) is -0.804. The minimum atomic E-state index is -0.970. The molecule has 86 valence electrons. The van der Waals surface area contributed by atoms with E-state index in [4.69, 9.17) is 15.6 Å². The number of aliphatic carboxylic acids is 1. The molecule has 1 rings (SSSR count). The van der Waals surface area contributed by atoms with Gasteiger partial charge in [0.1, 0.15) is 6.10 Å². The molecule has 0 aromatic heterocycles. The lowest BCUT2D eigenvalue weighted by Crippen LogP contribution is -2.40. The number of ether oxygens (including phenoxy) is 1. The first-order valence-electron chi connectivity index (χ1n) is 4.76. The lowest BCUT2D eigenvalue weighted by atomic mass is 9.93. The third-order valence-corrected chi connectivity index (χ3v) is 2.38. The second-order valence-corrected chi connectivity index (χ2v) is 4.31. The molecule has 6 nitrogen and oxygen atoms in total. The molecule has 1 amide bonds. The predicted molar refractivity (Wildman–Crippen MR) is 52.3 cm³/mol. The zero-order chi connectivity index (χ0) is 11.6. The summed E-state index contributed by atoms with van der Waals surface area (Å²) in [5.74, 6) is -0.938. The Bertz CT molecular complexity index is 277. The number of nitrogens with two attached hydrogens (primary N) is 1. The second-order valence-electron chi connectivity index (χ2n) is 4.31. The minimum absolute atomic E-state index is 0.137. The normalized spacial score (nSPS) is 21.7. The third kappa shape index (κ3) is 2.59. The molecule has 15 heavy (non-hydrogen) atoms. The molecular formula is C9H16N2O4. The zero-order valence-electron chi connectivity index (χ0n) is 8.90. The average molecular weight is 216 g/mol. The molecule has 1 unspecified atom stereocenters. The van der Waals surface area contributed by atoms with E-state index in [2.05, 4.69) is 0 Å². The van der Waals surface area contributed by atoms with E-state index in [0.717, 1.165) is 0 Å². The Hall–Kier alpha value is -1.30. The van der Waals surface area contributed by atoms with Gasteiger partial charge in [-0.3, -0.25) is 4.79 Å². The number of cyclic esters (lactones) is 1. The largest absolute Gasteiger partial charge is 0.481 e. The fourth-order valence-corrected chi connectivity index (χ4v) is 1.37. The van der Waals surface area contributed by atoms with Crippen molar-refractivity contribution in [3.05, 3.63) is 0 Å². The number of carboxylic acids is 1. The molecule has 6 heteroatoms. The summed E-state index contributed by atoms with van der Waals surface area (Å²) in [5, 5.41) is 8.91. The lowest BCUT2D eigenvalue weighted by Gasteiger charge is -2.24. The van der Waals surface area contributed by atoms with Crippen molar-refractivity contribution in [2.24, 2.45) is 11.1 Å². The maximum atomic E-state index is 11.3. The maximum Gasteiger partial charge on any atom is 0.410 e. The molecule has 0 radical (unpaired) electrons. The van der Waals surface area contributed by atoms with Gasteiger partial charge in [-0.25, -0.2) is 4.79 Å². The average Bonchev–Trinajstić information content (AvgIpc) is 2.46. The van der Waals surface area contributed by atoms with Crippen LogP contribution in [0, 0.1) is 5.41 Å². The summed E-state index contributed by atoms with van der Waals surface area (Å²) in [6, 6.07) is 0. The van der Waals surface area contributed by atoms with Crippen molar-refractivity contribution in [3.63, 3.8) is 0 Å². The molecule has 1 heterocycles. The number of carboxylic acid groups (broad SMARTS) is 1. The van der Waals surface area contributed by atoms with Crippen LogP contribution in [-0.4, -0.2) is 47.8 Å². The van der Waals surface area contributed by atoms with Gasteiger partial charge in [0.25, 0.3) is 0 Å². The summed E-state index contributed by atoms with van der Waals surface area (Å²) in [6.45, 7) is 3.90. The van der Waals surface area contributed by atoms with Crippen molar-refractivity contribution in [1.82, 2.24) is 4.90 Å². The molecular weight excluding hydrogens is 200 g/mol. The summed E-state index contributed by atoms with van der Waals surface area (Å²) in [7, 11) is 0. The van der Waals surface area contributed by atoms with Gasteiger partial charge in [0, 0.05) is 13.1 Å². The van der Waals surface area contributed by atoms with Crippen LogP contribution in [0.2, 0.25) is 0 Å². The van der Waals surface area contributed by atoms with E-state index in [0.29, 0.717) is 6.54 Å². The summed E-state index contributed by atoms with van der Waals surface area (Å²) >= 11 is 0. The first-order valence-corrected chi connectivity index (χ1v) is 4.76. The molecule has 1 fully saturated rings. The highest BCUT2D eigenvalue weighted by atomic mass is 16.6. The number of hydrogen-bond donors (Lipinski definition) is 2. The van der Waals surface area contributed by atoms with E-state index < -0.39 is 17.5 Å². The molecule has 0 aromatic carbocycles. The van der Waals surface area contributed by atoms with E-state index in [1.807, 2.05) is 0 Å². The monoisotopic (exact) mass is 216 g/mol. The predicted octanol–water partition coefficient (Wildman–Crippen LogP) is -0.123. The molecule has 0 aliphatic carbocycles. The highest BCUT2D eigenvalue weighted by molar-refractivity contribution is 5.76. The van der Waals surface area contributed by atoms with Crippen molar-refractivity contribution in [3.8, 4) is 0 Å². The van der Waals surface area contributed by atoms with E-state index in [1.165, 1.54) is 4.90 Å². The smallest absolute Gasteiger partial charge is 0.410 e. The number of hydrogen-bond acceptors (Lipinski definition) is 4. The van der Waals surface area contributed by atoms with Gasteiger partial charge in [0.2, 0.25) is 0 Å². The first kappa shape index (κ1) is 11.8. The molecule has 0 bridgehead atoms. The molecule has 0 aromatic rings. The SMILES string of the molecule is CC(C)(CN1CC(CN)OC1=O)C(=O)O. The van der Waals surface area contributed by atoms with Crippen LogP contribution in [-0.2, 0) is 9.53 Å². The van der Waals surface area contributed by atoms with Crippen LogP contribution >= 0.6 is 0 Å². The summed E-state index contributed by atoms with van der Waals surface area (Å²) in [5.41, 5.74) is 4.39. The van der Waals surface area contributed by atoms with E-state index >= 15 is 0 Å². The fraction of sp³-hybridized carbons (Fsp3) is 0.778. The summed E-state index contributed by atoms with van der Waals surface area (Å²) < 4.78 is 4.92. The molecule has 0 saturated carbocycles. The Kier molecular flexibility index (Phi) is 3.18. The van der Waals surface area contributed by atoms with Crippen LogP contribution in [0.15, 0.2) is 0 Å². The van der Waals surface area contributed by atoms with Crippen molar-refractivity contribution < 1.29 is 19.4 Å². The van der Waals surface area contributed by atoms with Crippen molar-refractivity contribution >= 4 is 12.1 Å². The van der Waals surface area contributed by atoms with Crippen LogP contribution in [0.3, 0.4) is 0 Å². The van der Waals surface area contributed by atoms with Gasteiger partial charge in [-0.05, 0) is 13.8 Å². The van der Waals surface area contributed by atoms with E-state index in [1.54, 1.807) is 13.8 Å². The van der Waals surface area contributed by atoms with Gasteiger partial charge in [0.05, 0.1) is 12.0 Å². The van der Waals surface area contributed by atoms with Crippen LogP contribution in [0.5, 0.6) is 0 Å². The second kappa shape index (κ2) is 4.06. The van der Waals surface area contributed by atoms with Crippen molar-refractivity contribution in [2.45, 2.75) is 20.0 Å². The molecule has 1 atom stereocenters. The van der Waals surface area contributed by atoms with Gasteiger partial charge in [0.15, 0.2) is 0 Å².